The summed E-state index contributed by atoms with van der Waals surface area (Å²) in [6, 6.07) is 10.7. The Labute approximate surface area is 196 Å². The lowest BCUT2D eigenvalue weighted by Crippen LogP contribution is -2.30. The molecule has 1 aromatic heterocycles. The topological polar surface area (TPSA) is 128 Å². The summed E-state index contributed by atoms with van der Waals surface area (Å²) in [5, 5.41) is 15.1. The first-order valence-corrected chi connectivity index (χ1v) is 11.8. The minimum Gasteiger partial charge on any atom is -0.434 e. The summed E-state index contributed by atoms with van der Waals surface area (Å²) in [6.07, 6.45) is 1.13. The highest BCUT2D eigenvalue weighted by Gasteiger charge is 2.26. The van der Waals surface area contributed by atoms with Crippen LogP contribution in [0, 0.1) is 17.0 Å². The smallest absolute Gasteiger partial charge is 0.373 e. The van der Waals surface area contributed by atoms with Crippen LogP contribution in [0.15, 0.2) is 53.7 Å². The molecule has 10 nitrogen and oxygen atoms in total. The van der Waals surface area contributed by atoms with Gasteiger partial charge in [0.05, 0.1) is 9.82 Å². The molecule has 12 heteroatoms. The number of hydrogen-bond acceptors (Lipinski definition) is 8. The predicted molar refractivity (Wildman–Crippen MR) is 125 cm³/mol. The van der Waals surface area contributed by atoms with Gasteiger partial charge >= 0.3 is 11.6 Å². The van der Waals surface area contributed by atoms with Gasteiger partial charge in [-0.2, -0.15) is 9.29 Å². The minimum absolute atomic E-state index is 0.102. The van der Waals surface area contributed by atoms with Gasteiger partial charge in [0.15, 0.2) is 0 Å². The highest BCUT2D eigenvalue weighted by Crippen LogP contribution is 2.36. The van der Waals surface area contributed by atoms with Gasteiger partial charge < -0.3 is 10.1 Å². The summed E-state index contributed by atoms with van der Waals surface area (Å²) in [5.41, 5.74) is 0.678. The number of nitrogens with one attached hydrogen (secondary N) is 1. The van der Waals surface area contributed by atoms with Crippen LogP contribution in [-0.2, 0) is 10.0 Å². The summed E-state index contributed by atoms with van der Waals surface area (Å²) in [7, 11) is -3.62. The summed E-state index contributed by atoms with van der Waals surface area (Å²) in [4.78, 5) is 19.1. The molecule has 33 heavy (non-hydrogen) atoms. The Kier molecular flexibility index (Phi) is 7.46. The molecule has 1 N–H and O–H groups in total. The molecule has 0 aliphatic heterocycles. The number of hydrogen-bond donors (Lipinski definition) is 1. The van der Waals surface area contributed by atoms with E-state index < -0.39 is 20.6 Å². The molecular weight excluding hydrogens is 470 g/mol. The quantitative estimate of drug-likeness (QED) is 0.330. The molecule has 0 saturated carbocycles. The van der Waals surface area contributed by atoms with Crippen molar-refractivity contribution in [2.24, 2.45) is 0 Å². The van der Waals surface area contributed by atoms with Crippen molar-refractivity contribution in [2.45, 2.75) is 25.7 Å². The lowest BCUT2D eigenvalue weighted by molar-refractivity contribution is -0.385. The number of benzene rings is 2. The number of anilines is 2. The predicted octanol–water partition coefficient (Wildman–Crippen LogP) is 4.91. The SMILES string of the molecule is CCN(CC)S(=O)(=O)c1ccc(Nc2ncnc(Oc3ccc(Cl)c(C)c3)c2[N+](=O)[O-])cc1. The third kappa shape index (κ3) is 5.38. The average Bonchev–Trinajstić information content (AvgIpc) is 2.77. The minimum atomic E-state index is -3.62. The van der Waals surface area contributed by atoms with Crippen molar-refractivity contribution >= 4 is 38.8 Å². The monoisotopic (exact) mass is 491 g/mol. The largest absolute Gasteiger partial charge is 0.434 e. The van der Waals surface area contributed by atoms with E-state index in [0.717, 1.165) is 11.9 Å². The second-order valence-corrected chi connectivity index (χ2v) is 9.23. The molecule has 0 atom stereocenters. The van der Waals surface area contributed by atoms with E-state index in [0.29, 0.717) is 29.5 Å². The van der Waals surface area contributed by atoms with Crippen LogP contribution in [0.25, 0.3) is 0 Å². The van der Waals surface area contributed by atoms with Gasteiger partial charge in [-0.15, -0.1) is 0 Å². The van der Waals surface area contributed by atoms with Crippen molar-refractivity contribution in [2.75, 3.05) is 18.4 Å². The molecule has 0 saturated heterocycles. The molecular formula is C21H22ClN5O5S. The molecule has 3 rings (SSSR count). The van der Waals surface area contributed by atoms with Crippen molar-refractivity contribution in [1.29, 1.82) is 0 Å². The van der Waals surface area contributed by atoms with Gasteiger partial charge in [-0.05, 0) is 55.0 Å². The van der Waals surface area contributed by atoms with E-state index in [1.165, 1.54) is 28.6 Å². The number of aryl methyl sites for hydroxylation is 1. The van der Waals surface area contributed by atoms with Gasteiger partial charge in [0.1, 0.15) is 12.1 Å². The second kappa shape index (κ2) is 10.1. The first-order valence-electron chi connectivity index (χ1n) is 9.98. The van der Waals surface area contributed by atoms with E-state index in [4.69, 9.17) is 16.3 Å². The Balaban J connectivity index is 1.90. The fraction of sp³-hybridized carbons (Fsp3) is 0.238. The Hall–Kier alpha value is -3.28. The maximum absolute atomic E-state index is 12.6. The number of rotatable bonds is 9. The van der Waals surface area contributed by atoms with Gasteiger partial charge in [-0.25, -0.2) is 13.4 Å². The van der Waals surface area contributed by atoms with E-state index in [2.05, 4.69) is 15.3 Å². The van der Waals surface area contributed by atoms with Crippen LogP contribution in [0.2, 0.25) is 5.02 Å². The van der Waals surface area contributed by atoms with Crippen molar-refractivity contribution in [3.63, 3.8) is 0 Å². The standard InChI is InChI=1S/C21H22ClN5O5S/c1-4-26(5-2)33(30,31)17-9-6-15(7-10-17)25-20-19(27(28)29)21(24-13-23-20)32-16-8-11-18(22)14(3)12-16/h6-13H,4-5H2,1-3H3,(H,23,24,25). The lowest BCUT2D eigenvalue weighted by Gasteiger charge is -2.18. The Morgan fingerprint density at radius 3 is 2.36 bits per heavy atom. The lowest BCUT2D eigenvalue weighted by atomic mass is 10.2. The molecule has 0 aliphatic carbocycles. The summed E-state index contributed by atoms with van der Waals surface area (Å²) in [6.45, 7) is 6.00. The third-order valence-electron chi connectivity index (χ3n) is 4.78. The van der Waals surface area contributed by atoms with Crippen LogP contribution in [-0.4, -0.2) is 40.7 Å². The molecule has 0 bridgehead atoms. The van der Waals surface area contributed by atoms with Crippen molar-refractivity contribution < 1.29 is 18.1 Å². The molecule has 174 valence electrons. The van der Waals surface area contributed by atoms with Gasteiger partial charge in [0.2, 0.25) is 15.8 Å². The maximum Gasteiger partial charge on any atom is 0.373 e. The Morgan fingerprint density at radius 1 is 1.12 bits per heavy atom. The first kappa shape index (κ1) is 24.4. The number of ether oxygens (including phenoxy) is 1. The summed E-state index contributed by atoms with van der Waals surface area (Å²) < 4.78 is 32.2. The molecule has 0 unspecified atom stereocenters. The zero-order chi connectivity index (χ0) is 24.2. The van der Waals surface area contributed by atoms with Crippen LogP contribution >= 0.6 is 11.6 Å². The van der Waals surface area contributed by atoms with Gasteiger partial charge in [0, 0.05) is 23.8 Å². The molecule has 0 radical (unpaired) electrons. The van der Waals surface area contributed by atoms with Crippen LogP contribution in [0.4, 0.5) is 17.2 Å². The zero-order valence-corrected chi connectivity index (χ0v) is 19.7. The highest BCUT2D eigenvalue weighted by atomic mass is 35.5. The van der Waals surface area contributed by atoms with Gasteiger partial charge in [-0.1, -0.05) is 25.4 Å². The van der Waals surface area contributed by atoms with E-state index in [1.54, 1.807) is 39.0 Å². The van der Waals surface area contributed by atoms with Crippen LogP contribution < -0.4 is 10.1 Å². The molecule has 0 fully saturated rings. The number of nitrogens with zero attached hydrogens (tertiary/aromatic N) is 4. The van der Waals surface area contributed by atoms with E-state index in [9.17, 15) is 18.5 Å². The van der Waals surface area contributed by atoms with Crippen LogP contribution in [0.1, 0.15) is 19.4 Å². The van der Waals surface area contributed by atoms with Crippen LogP contribution in [0.3, 0.4) is 0 Å². The number of sulfonamides is 1. The van der Waals surface area contributed by atoms with Gasteiger partial charge in [-0.3, -0.25) is 10.1 Å². The molecule has 1 heterocycles. The van der Waals surface area contributed by atoms with E-state index in [1.807, 2.05) is 0 Å². The first-order chi connectivity index (χ1) is 15.7. The summed E-state index contributed by atoms with van der Waals surface area (Å²) in [5.74, 6) is -0.0226. The molecule has 0 spiro atoms. The maximum atomic E-state index is 12.6. The Bertz CT molecular complexity index is 1260. The fourth-order valence-electron chi connectivity index (χ4n) is 3.05. The summed E-state index contributed by atoms with van der Waals surface area (Å²) >= 11 is 6.01. The molecule has 0 amide bonds. The van der Waals surface area contributed by atoms with Crippen molar-refractivity contribution in [1.82, 2.24) is 14.3 Å². The van der Waals surface area contributed by atoms with Crippen molar-refractivity contribution in [3.8, 4) is 11.6 Å². The highest BCUT2D eigenvalue weighted by molar-refractivity contribution is 7.89. The molecule has 3 aromatic rings. The fourth-order valence-corrected chi connectivity index (χ4v) is 4.62. The second-order valence-electron chi connectivity index (χ2n) is 6.88. The average molecular weight is 492 g/mol. The van der Waals surface area contributed by atoms with Crippen molar-refractivity contribution in [3.05, 3.63) is 69.5 Å². The number of aromatic nitrogens is 2. The van der Waals surface area contributed by atoms with E-state index in [-0.39, 0.29) is 16.6 Å². The Morgan fingerprint density at radius 2 is 1.79 bits per heavy atom. The number of halogens is 1. The van der Waals surface area contributed by atoms with E-state index >= 15 is 0 Å². The normalized spacial score (nSPS) is 11.4. The molecule has 2 aromatic carbocycles. The molecule has 0 aliphatic rings. The number of nitro groups is 1. The van der Waals surface area contributed by atoms with Crippen LogP contribution in [0.5, 0.6) is 11.6 Å². The third-order valence-corrected chi connectivity index (χ3v) is 7.26. The zero-order valence-electron chi connectivity index (χ0n) is 18.1. The van der Waals surface area contributed by atoms with Gasteiger partial charge in [0.25, 0.3) is 0 Å².